The van der Waals surface area contributed by atoms with Crippen LogP contribution >= 0.6 is 11.8 Å². The van der Waals surface area contributed by atoms with Gasteiger partial charge in [0, 0.05) is 31.7 Å². The molecule has 1 heterocycles. The predicted octanol–water partition coefficient (Wildman–Crippen LogP) is 2.58. The third-order valence-corrected chi connectivity index (χ3v) is 3.21. The van der Waals surface area contributed by atoms with E-state index in [9.17, 15) is 0 Å². The van der Waals surface area contributed by atoms with Crippen LogP contribution in [0.3, 0.4) is 0 Å². The fraction of sp³-hybridized carbons (Fsp3) is 0.615. The molecule has 96 valence electrons. The maximum atomic E-state index is 5.28. The van der Waals surface area contributed by atoms with Crippen LogP contribution in [0.1, 0.15) is 19.8 Å². The van der Waals surface area contributed by atoms with Crippen LogP contribution in [-0.2, 0) is 4.74 Å². The van der Waals surface area contributed by atoms with Crippen LogP contribution < -0.4 is 5.32 Å². The first kappa shape index (κ1) is 14.5. The Kier molecular flexibility index (Phi) is 9.00. The van der Waals surface area contributed by atoms with Crippen molar-refractivity contribution in [2.24, 2.45) is 0 Å². The van der Waals surface area contributed by atoms with Gasteiger partial charge < -0.3 is 10.1 Å². The van der Waals surface area contributed by atoms with Crippen molar-refractivity contribution in [3.05, 3.63) is 24.4 Å². The lowest BCUT2D eigenvalue weighted by Gasteiger charge is -2.04. The fourth-order valence-corrected chi connectivity index (χ4v) is 2.15. The summed E-state index contributed by atoms with van der Waals surface area (Å²) in [6.07, 6.45) is 4.17. The Labute approximate surface area is 108 Å². The fourth-order valence-electron chi connectivity index (χ4n) is 1.38. The molecule has 0 aliphatic carbocycles. The van der Waals surface area contributed by atoms with E-state index in [4.69, 9.17) is 4.74 Å². The lowest BCUT2D eigenvalue weighted by Crippen LogP contribution is -2.18. The van der Waals surface area contributed by atoms with Gasteiger partial charge in [0.2, 0.25) is 0 Å². The molecule has 0 atom stereocenters. The van der Waals surface area contributed by atoms with Gasteiger partial charge in [-0.3, -0.25) is 0 Å². The van der Waals surface area contributed by atoms with Crippen molar-refractivity contribution in [3.63, 3.8) is 0 Å². The highest BCUT2D eigenvalue weighted by Crippen LogP contribution is 2.12. The molecule has 1 rings (SSSR count). The molecule has 3 nitrogen and oxygen atoms in total. The second-order valence-corrected chi connectivity index (χ2v) is 4.79. The van der Waals surface area contributed by atoms with Crippen LogP contribution in [0, 0.1) is 0 Å². The molecule has 0 unspecified atom stereocenters. The van der Waals surface area contributed by atoms with Gasteiger partial charge in [0.15, 0.2) is 0 Å². The summed E-state index contributed by atoms with van der Waals surface area (Å²) in [6, 6.07) is 6.02. The zero-order valence-corrected chi connectivity index (χ0v) is 11.3. The minimum atomic E-state index is 0.828. The van der Waals surface area contributed by atoms with Gasteiger partial charge in [-0.25, -0.2) is 4.98 Å². The molecule has 17 heavy (non-hydrogen) atoms. The molecule has 4 heteroatoms. The maximum Gasteiger partial charge on any atom is 0.0960 e. The van der Waals surface area contributed by atoms with Gasteiger partial charge in [-0.05, 0) is 38.4 Å². The van der Waals surface area contributed by atoms with Gasteiger partial charge in [-0.2, -0.15) is 0 Å². The third-order valence-electron chi connectivity index (χ3n) is 2.26. The number of ether oxygens (including phenoxy) is 1. The molecule has 0 saturated heterocycles. The lowest BCUT2D eigenvalue weighted by atomic mass is 10.3. The first-order chi connectivity index (χ1) is 8.43. The Balaban J connectivity index is 1.85. The first-order valence-corrected chi connectivity index (χ1v) is 7.24. The van der Waals surface area contributed by atoms with Crippen LogP contribution in [0.5, 0.6) is 0 Å². The van der Waals surface area contributed by atoms with E-state index in [2.05, 4.69) is 10.3 Å². The first-order valence-electron chi connectivity index (χ1n) is 6.25. The van der Waals surface area contributed by atoms with E-state index >= 15 is 0 Å². The average molecular weight is 254 g/mol. The van der Waals surface area contributed by atoms with Crippen molar-refractivity contribution in [1.82, 2.24) is 10.3 Å². The predicted molar refractivity (Wildman–Crippen MR) is 73.6 cm³/mol. The zero-order valence-electron chi connectivity index (χ0n) is 10.5. The number of nitrogens with one attached hydrogen (secondary N) is 1. The van der Waals surface area contributed by atoms with Gasteiger partial charge in [-0.15, -0.1) is 11.8 Å². The highest BCUT2D eigenvalue weighted by atomic mass is 32.2. The largest absolute Gasteiger partial charge is 0.382 e. The Hall–Kier alpha value is -0.580. The van der Waals surface area contributed by atoms with Crippen LogP contribution in [0.25, 0.3) is 0 Å². The summed E-state index contributed by atoms with van der Waals surface area (Å²) in [5.41, 5.74) is 0. The summed E-state index contributed by atoms with van der Waals surface area (Å²) in [7, 11) is 0. The number of hydrogen-bond acceptors (Lipinski definition) is 4. The van der Waals surface area contributed by atoms with Crippen molar-refractivity contribution in [3.8, 4) is 0 Å². The van der Waals surface area contributed by atoms with Gasteiger partial charge >= 0.3 is 0 Å². The van der Waals surface area contributed by atoms with Crippen molar-refractivity contribution in [2.75, 3.05) is 32.1 Å². The SMILES string of the molecule is CCOCCCCNCCSc1ccccn1. The molecule has 0 aliphatic rings. The Morgan fingerprint density at radius 3 is 3.00 bits per heavy atom. The molecular formula is C13H22N2OS. The molecule has 0 saturated carbocycles. The quantitative estimate of drug-likeness (QED) is 0.514. The van der Waals surface area contributed by atoms with E-state index in [0.29, 0.717) is 0 Å². The zero-order chi connectivity index (χ0) is 12.2. The van der Waals surface area contributed by atoms with E-state index in [1.165, 1.54) is 6.42 Å². The van der Waals surface area contributed by atoms with Crippen molar-refractivity contribution >= 4 is 11.8 Å². The lowest BCUT2D eigenvalue weighted by molar-refractivity contribution is 0.143. The standard InChI is InChI=1S/C13H22N2OS/c1-2-16-11-6-5-8-14-10-12-17-13-7-3-4-9-15-13/h3-4,7,9,14H,2,5-6,8,10-12H2,1H3. The topological polar surface area (TPSA) is 34.1 Å². The van der Waals surface area contributed by atoms with Crippen molar-refractivity contribution < 1.29 is 4.74 Å². The highest BCUT2D eigenvalue weighted by molar-refractivity contribution is 7.99. The van der Waals surface area contributed by atoms with Gasteiger partial charge in [0.25, 0.3) is 0 Å². The molecule has 0 spiro atoms. The minimum absolute atomic E-state index is 0.828. The monoisotopic (exact) mass is 254 g/mol. The highest BCUT2D eigenvalue weighted by Gasteiger charge is 1.93. The second kappa shape index (κ2) is 10.6. The molecule has 0 amide bonds. The van der Waals surface area contributed by atoms with Gasteiger partial charge in [0.05, 0.1) is 5.03 Å². The summed E-state index contributed by atoms with van der Waals surface area (Å²) >= 11 is 1.79. The Morgan fingerprint density at radius 2 is 2.24 bits per heavy atom. The third kappa shape index (κ3) is 8.18. The normalized spacial score (nSPS) is 10.6. The summed E-state index contributed by atoms with van der Waals surface area (Å²) in [6.45, 7) is 5.87. The molecule has 0 radical (unpaired) electrons. The minimum Gasteiger partial charge on any atom is -0.382 e. The van der Waals surface area contributed by atoms with E-state index < -0.39 is 0 Å². The number of thioether (sulfide) groups is 1. The number of unbranched alkanes of at least 4 members (excludes halogenated alkanes) is 1. The molecule has 1 aromatic rings. The van der Waals surface area contributed by atoms with E-state index in [1.807, 2.05) is 31.3 Å². The van der Waals surface area contributed by atoms with Gasteiger partial charge in [-0.1, -0.05) is 6.07 Å². The summed E-state index contributed by atoms with van der Waals surface area (Å²) < 4.78 is 5.28. The number of hydrogen-bond donors (Lipinski definition) is 1. The number of nitrogens with zero attached hydrogens (tertiary/aromatic N) is 1. The molecule has 0 aliphatic heterocycles. The molecular weight excluding hydrogens is 232 g/mol. The van der Waals surface area contributed by atoms with Crippen LogP contribution in [-0.4, -0.2) is 37.0 Å². The molecule has 0 fully saturated rings. The van der Waals surface area contributed by atoms with E-state index in [-0.39, 0.29) is 0 Å². The van der Waals surface area contributed by atoms with Crippen molar-refractivity contribution in [1.29, 1.82) is 0 Å². The van der Waals surface area contributed by atoms with Crippen molar-refractivity contribution in [2.45, 2.75) is 24.8 Å². The summed E-state index contributed by atoms with van der Waals surface area (Å²) in [5.74, 6) is 1.07. The molecule has 1 N–H and O–H groups in total. The Bertz CT molecular complexity index is 269. The summed E-state index contributed by atoms with van der Waals surface area (Å²) in [5, 5.41) is 4.53. The number of pyridine rings is 1. The van der Waals surface area contributed by atoms with Crippen LogP contribution in [0.4, 0.5) is 0 Å². The van der Waals surface area contributed by atoms with E-state index in [0.717, 1.165) is 43.5 Å². The maximum absolute atomic E-state index is 5.28. The summed E-state index contributed by atoms with van der Waals surface area (Å²) in [4.78, 5) is 4.27. The Morgan fingerprint density at radius 1 is 1.29 bits per heavy atom. The number of rotatable bonds is 10. The molecule has 1 aromatic heterocycles. The van der Waals surface area contributed by atoms with Gasteiger partial charge in [0.1, 0.15) is 0 Å². The second-order valence-electron chi connectivity index (χ2n) is 3.67. The van der Waals surface area contributed by atoms with Crippen LogP contribution in [0.15, 0.2) is 29.4 Å². The average Bonchev–Trinajstić information content (AvgIpc) is 2.38. The van der Waals surface area contributed by atoms with Crippen LogP contribution in [0.2, 0.25) is 0 Å². The number of aromatic nitrogens is 1. The smallest absolute Gasteiger partial charge is 0.0960 e. The van der Waals surface area contributed by atoms with E-state index in [1.54, 1.807) is 11.8 Å². The molecule has 0 bridgehead atoms. The molecule has 0 aromatic carbocycles.